The summed E-state index contributed by atoms with van der Waals surface area (Å²) in [5.41, 5.74) is 6.35. The highest BCUT2D eigenvalue weighted by molar-refractivity contribution is 5.50. The lowest BCUT2D eigenvalue weighted by Crippen LogP contribution is -2.46. The fraction of sp³-hybridized carbons (Fsp3) is 0.571. The molecule has 0 aromatic heterocycles. The van der Waals surface area contributed by atoms with Crippen LogP contribution in [0.1, 0.15) is 38.3 Å². The molecule has 3 N–H and O–H groups in total. The van der Waals surface area contributed by atoms with E-state index >= 15 is 0 Å². The van der Waals surface area contributed by atoms with Gasteiger partial charge in [-0.3, -0.25) is 0 Å². The van der Waals surface area contributed by atoms with E-state index in [1.807, 2.05) is 17.9 Å². The molecule has 1 heterocycles. The number of hydrogen-bond donors (Lipinski definition) is 2. The highest BCUT2D eigenvalue weighted by Crippen LogP contribution is 2.28. The van der Waals surface area contributed by atoms with Crippen molar-refractivity contribution in [3.63, 3.8) is 0 Å². The van der Waals surface area contributed by atoms with E-state index in [2.05, 4.69) is 0 Å². The molecular weight excluding hydrogens is 231 g/mol. The van der Waals surface area contributed by atoms with Crippen LogP contribution in [0.15, 0.2) is 18.2 Å². The van der Waals surface area contributed by atoms with Gasteiger partial charge in [0.15, 0.2) is 0 Å². The summed E-state index contributed by atoms with van der Waals surface area (Å²) in [5, 5.41) is 10.1. The molecule has 0 saturated carbocycles. The lowest BCUT2D eigenvalue weighted by Gasteiger charge is -2.38. The van der Waals surface area contributed by atoms with Gasteiger partial charge in [-0.05, 0) is 44.4 Å². The number of hydrogen-bond acceptors (Lipinski definition) is 3. The van der Waals surface area contributed by atoms with Crippen LogP contribution in [0.5, 0.6) is 0 Å². The predicted molar refractivity (Wildman–Crippen MR) is 71.1 cm³/mol. The number of benzene rings is 1. The number of anilines is 1. The van der Waals surface area contributed by atoms with Gasteiger partial charge in [-0.15, -0.1) is 0 Å². The molecule has 0 aliphatic carbocycles. The maximum Gasteiger partial charge on any atom is 0.146 e. The normalized spacial score (nSPS) is 26.2. The van der Waals surface area contributed by atoms with Crippen LogP contribution in [-0.2, 0) is 0 Å². The van der Waals surface area contributed by atoms with Gasteiger partial charge in [-0.1, -0.05) is 6.07 Å². The minimum Gasteiger partial charge on any atom is -0.388 e. The van der Waals surface area contributed by atoms with Crippen LogP contribution in [0.25, 0.3) is 0 Å². The Balaban J connectivity index is 2.23. The van der Waals surface area contributed by atoms with Crippen LogP contribution < -0.4 is 10.6 Å². The Bertz CT molecular complexity index is 432. The average Bonchev–Trinajstić information content (AvgIpc) is 2.27. The quantitative estimate of drug-likeness (QED) is 0.848. The fourth-order valence-electron chi connectivity index (χ4n) is 2.49. The van der Waals surface area contributed by atoms with Gasteiger partial charge in [0, 0.05) is 19.1 Å². The second kappa shape index (κ2) is 4.86. The molecule has 0 spiro atoms. The maximum atomic E-state index is 14.1. The molecular formula is C14H21FN2O. The molecule has 1 saturated heterocycles. The summed E-state index contributed by atoms with van der Waals surface area (Å²) >= 11 is 0. The van der Waals surface area contributed by atoms with Crippen LogP contribution in [0.2, 0.25) is 0 Å². The molecule has 1 aliphatic heterocycles. The van der Waals surface area contributed by atoms with Gasteiger partial charge in [0.05, 0.1) is 11.3 Å². The number of nitrogens with zero attached hydrogens (tertiary/aromatic N) is 1. The molecule has 1 unspecified atom stereocenters. The van der Waals surface area contributed by atoms with Gasteiger partial charge in [0.1, 0.15) is 5.82 Å². The van der Waals surface area contributed by atoms with Crippen LogP contribution in [0, 0.1) is 5.82 Å². The van der Waals surface area contributed by atoms with Gasteiger partial charge >= 0.3 is 0 Å². The summed E-state index contributed by atoms with van der Waals surface area (Å²) in [6.07, 6.45) is 1.64. The minimum atomic E-state index is -0.732. The lowest BCUT2D eigenvalue weighted by molar-refractivity contribution is 0.0447. The number of piperidine rings is 1. The molecule has 1 fully saturated rings. The summed E-state index contributed by atoms with van der Waals surface area (Å²) in [7, 11) is 0. The number of nitrogens with two attached hydrogens (primary N) is 1. The first kappa shape index (κ1) is 13.3. The van der Waals surface area contributed by atoms with Gasteiger partial charge in [0.25, 0.3) is 0 Å². The second-order valence-electron chi connectivity index (χ2n) is 5.52. The van der Waals surface area contributed by atoms with Crippen molar-refractivity contribution in [2.24, 2.45) is 5.73 Å². The Morgan fingerprint density at radius 1 is 1.50 bits per heavy atom. The van der Waals surface area contributed by atoms with E-state index in [0.29, 0.717) is 12.2 Å². The first-order valence-corrected chi connectivity index (χ1v) is 6.41. The molecule has 2 atom stereocenters. The fourth-order valence-corrected chi connectivity index (χ4v) is 2.49. The molecule has 3 nitrogen and oxygen atoms in total. The summed E-state index contributed by atoms with van der Waals surface area (Å²) in [5.74, 6) is -0.262. The zero-order valence-corrected chi connectivity index (χ0v) is 11.0. The first-order valence-electron chi connectivity index (χ1n) is 6.41. The Hall–Kier alpha value is -1.13. The van der Waals surface area contributed by atoms with E-state index in [9.17, 15) is 9.50 Å². The van der Waals surface area contributed by atoms with E-state index in [1.165, 1.54) is 6.07 Å². The first-order chi connectivity index (χ1) is 8.39. The minimum absolute atomic E-state index is 0.169. The van der Waals surface area contributed by atoms with Crippen molar-refractivity contribution in [2.45, 2.75) is 38.3 Å². The highest BCUT2D eigenvalue weighted by Gasteiger charge is 2.29. The summed E-state index contributed by atoms with van der Waals surface area (Å²) in [6, 6.07) is 4.93. The average molecular weight is 252 g/mol. The third-order valence-electron chi connectivity index (χ3n) is 3.51. The third kappa shape index (κ3) is 2.82. The van der Waals surface area contributed by atoms with Crippen LogP contribution in [0.4, 0.5) is 10.1 Å². The molecule has 0 radical (unpaired) electrons. The van der Waals surface area contributed by atoms with E-state index in [0.717, 1.165) is 24.9 Å². The predicted octanol–water partition coefficient (Wildman–Crippen LogP) is 2.20. The van der Waals surface area contributed by atoms with E-state index in [1.54, 1.807) is 13.0 Å². The standard InChI is InChI=1S/C14H21FN2O/c1-10(16)11-4-5-13(12(15)8-11)17-7-3-6-14(2,18)9-17/h4-5,8,10,18H,3,6-7,9,16H2,1-2H3/t10-,14?/m1/s1. The number of aliphatic hydroxyl groups is 1. The Morgan fingerprint density at radius 2 is 2.22 bits per heavy atom. The van der Waals surface area contributed by atoms with E-state index in [4.69, 9.17) is 5.73 Å². The summed E-state index contributed by atoms with van der Waals surface area (Å²) < 4.78 is 14.1. The molecule has 1 aliphatic rings. The summed E-state index contributed by atoms with van der Waals surface area (Å²) in [4.78, 5) is 1.91. The van der Waals surface area contributed by atoms with E-state index in [-0.39, 0.29) is 11.9 Å². The SMILES string of the molecule is C[C@@H](N)c1ccc(N2CCCC(C)(O)C2)c(F)c1. The van der Waals surface area contributed by atoms with Crippen molar-refractivity contribution >= 4 is 5.69 Å². The maximum absolute atomic E-state index is 14.1. The monoisotopic (exact) mass is 252 g/mol. The van der Waals surface area contributed by atoms with Crippen molar-refractivity contribution in [2.75, 3.05) is 18.0 Å². The largest absolute Gasteiger partial charge is 0.388 e. The van der Waals surface area contributed by atoms with Crippen LogP contribution in [0.3, 0.4) is 0 Å². The smallest absolute Gasteiger partial charge is 0.146 e. The van der Waals surface area contributed by atoms with Gasteiger partial charge in [0.2, 0.25) is 0 Å². The zero-order valence-electron chi connectivity index (χ0n) is 11.0. The van der Waals surface area contributed by atoms with Gasteiger partial charge in [-0.2, -0.15) is 0 Å². The molecule has 1 aromatic carbocycles. The number of rotatable bonds is 2. The molecule has 18 heavy (non-hydrogen) atoms. The molecule has 1 aromatic rings. The molecule has 4 heteroatoms. The van der Waals surface area contributed by atoms with E-state index < -0.39 is 5.60 Å². The van der Waals surface area contributed by atoms with Crippen molar-refractivity contribution in [1.82, 2.24) is 0 Å². The van der Waals surface area contributed by atoms with Crippen molar-refractivity contribution in [3.8, 4) is 0 Å². The molecule has 0 amide bonds. The lowest BCUT2D eigenvalue weighted by atomic mass is 9.94. The molecule has 0 bridgehead atoms. The summed E-state index contributed by atoms with van der Waals surface area (Å²) in [6.45, 7) is 4.89. The molecule has 100 valence electrons. The Labute approximate surface area is 107 Å². The zero-order chi connectivity index (χ0) is 13.3. The van der Waals surface area contributed by atoms with Crippen molar-refractivity contribution < 1.29 is 9.50 Å². The van der Waals surface area contributed by atoms with Gasteiger partial charge < -0.3 is 15.7 Å². The Kier molecular flexibility index (Phi) is 3.59. The van der Waals surface area contributed by atoms with Crippen molar-refractivity contribution in [3.05, 3.63) is 29.6 Å². The van der Waals surface area contributed by atoms with Crippen LogP contribution in [-0.4, -0.2) is 23.8 Å². The van der Waals surface area contributed by atoms with Gasteiger partial charge in [-0.25, -0.2) is 4.39 Å². The van der Waals surface area contributed by atoms with Crippen LogP contribution >= 0.6 is 0 Å². The van der Waals surface area contributed by atoms with Crippen molar-refractivity contribution in [1.29, 1.82) is 0 Å². The molecule has 2 rings (SSSR count). The number of halogens is 1. The Morgan fingerprint density at radius 3 is 2.78 bits per heavy atom. The third-order valence-corrected chi connectivity index (χ3v) is 3.51. The highest BCUT2D eigenvalue weighted by atomic mass is 19.1. The topological polar surface area (TPSA) is 49.5 Å². The second-order valence-corrected chi connectivity index (χ2v) is 5.52. The number of β-amino-alcohol motifs (C(OH)–C–C–N with tert-alkyl or cyclic N) is 1.